The van der Waals surface area contributed by atoms with Crippen molar-refractivity contribution in [3.05, 3.63) is 41.1 Å². The Morgan fingerprint density at radius 2 is 2.04 bits per heavy atom. The lowest BCUT2D eigenvalue weighted by Gasteiger charge is -2.32. The molecule has 24 heavy (non-hydrogen) atoms. The van der Waals surface area contributed by atoms with Gasteiger partial charge in [-0.15, -0.1) is 0 Å². The average molecular weight is 332 g/mol. The molecule has 0 aliphatic carbocycles. The van der Waals surface area contributed by atoms with Crippen LogP contribution < -0.4 is 10.1 Å². The molecule has 2 amide bonds. The van der Waals surface area contributed by atoms with Crippen molar-refractivity contribution in [2.45, 2.75) is 13.0 Å². The van der Waals surface area contributed by atoms with Gasteiger partial charge in [-0.05, 0) is 24.6 Å². The Labute approximate surface area is 140 Å². The van der Waals surface area contributed by atoms with Crippen molar-refractivity contribution in [3.8, 4) is 5.75 Å². The highest BCUT2D eigenvalue weighted by molar-refractivity contribution is 5.97. The molecule has 0 bridgehead atoms. The van der Waals surface area contributed by atoms with Crippen LogP contribution in [-0.2, 0) is 14.3 Å². The van der Waals surface area contributed by atoms with E-state index in [9.17, 15) is 9.59 Å². The fraction of sp³-hybridized carbons (Fsp3) is 0.412. The van der Waals surface area contributed by atoms with Gasteiger partial charge in [0.15, 0.2) is 0 Å². The molecule has 1 atom stereocenters. The summed E-state index contributed by atoms with van der Waals surface area (Å²) in [6, 6.07) is 6.47. The van der Waals surface area contributed by atoms with Gasteiger partial charge in [-0.2, -0.15) is 0 Å². The van der Waals surface area contributed by atoms with Crippen LogP contribution in [0.4, 0.5) is 4.79 Å². The maximum atomic E-state index is 12.5. The number of nitrogens with zero attached hydrogens (tertiary/aromatic N) is 1. The molecule has 1 N–H and O–H groups in total. The molecular formula is C17H20N2O5. The number of hydrogen-bond donors (Lipinski definition) is 1. The fourth-order valence-electron chi connectivity index (χ4n) is 2.89. The van der Waals surface area contributed by atoms with Crippen LogP contribution in [0, 0.1) is 0 Å². The third-order valence-electron chi connectivity index (χ3n) is 4.11. The lowest BCUT2D eigenvalue weighted by molar-refractivity contribution is -0.136. The van der Waals surface area contributed by atoms with Gasteiger partial charge in [0.05, 0.1) is 37.6 Å². The second kappa shape index (κ2) is 6.92. The van der Waals surface area contributed by atoms with Crippen LogP contribution in [0.2, 0.25) is 0 Å². The molecule has 0 unspecified atom stereocenters. The number of esters is 1. The smallest absolute Gasteiger partial charge is 0.338 e. The van der Waals surface area contributed by atoms with E-state index in [1.165, 1.54) is 4.90 Å². The Morgan fingerprint density at radius 3 is 2.71 bits per heavy atom. The molecule has 1 aromatic carbocycles. The van der Waals surface area contributed by atoms with Crippen LogP contribution in [0.25, 0.3) is 0 Å². The van der Waals surface area contributed by atoms with Crippen molar-refractivity contribution >= 4 is 12.0 Å². The molecule has 0 fully saturated rings. The van der Waals surface area contributed by atoms with Crippen LogP contribution in [0.15, 0.2) is 35.5 Å². The van der Waals surface area contributed by atoms with Gasteiger partial charge in [0.1, 0.15) is 12.4 Å². The van der Waals surface area contributed by atoms with Crippen LogP contribution in [0.1, 0.15) is 18.5 Å². The Morgan fingerprint density at radius 1 is 1.29 bits per heavy atom. The monoisotopic (exact) mass is 332 g/mol. The van der Waals surface area contributed by atoms with E-state index in [1.807, 2.05) is 19.1 Å². The topological polar surface area (TPSA) is 77.1 Å². The Hall–Kier alpha value is -2.54. The van der Waals surface area contributed by atoms with Crippen molar-refractivity contribution in [3.63, 3.8) is 0 Å². The lowest BCUT2D eigenvalue weighted by atomic mass is 9.95. The van der Waals surface area contributed by atoms with Gasteiger partial charge in [0, 0.05) is 6.61 Å². The molecule has 7 heteroatoms. The Balaban J connectivity index is 1.91. The molecule has 1 aromatic rings. The van der Waals surface area contributed by atoms with E-state index >= 15 is 0 Å². The molecule has 128 valence electrons. The minimum Gasteiger partial charge on any atom is -0.497 e. The molecule has 7 nitrogen and oxygen atoms in total. The van der Waals surface area contributed by atoms with Gasteiger partial charge in [0.2, 0.25) is 0 Å². The molecule has 0 radical (unpaired) electrons. The summed E-state index contributed by atoms with van der Waals surface area (Å²) in [5, 5.41) is 2.88. The zero-order valence-electron chi connectivity index (χ0n) is 13.7. The molecule has 2 aliphatic heterocycles. The van der Waals surface area contributed by atoms with Crippen LogP contribution >= 0.6 is 0 Å². The molecule has 0 spiro atoms. The first-order valence-corrected chi connectivity index (χ1v) is 7.85. The number of carbonyl (C=O) groups is 2. The van der Waals surface area contributed by atoms with E-state index < -0.39 is 12.0 Å². The zero-order valence-corrected chi connectivity index (χ0v) is 13.7. The van der Waals surface area contributed by atoms with E-state index in [2.05, 4.69) is 5.32 Å². The zero-order chi connectivity index (χ0) is 17.1. The first kappa shape index (κ1) is 16.3. The Kier molecular flexibility index (Phi) is 4.71. The fourth-order valence-corrected chi connectivity index (χ4v) is 2.89. The number of carbonyl (C=O) groups excluding carboxylic acids is 2. The first-order valence-electron chi connectivity index (χ1n) is 7.85. The third kappa shape index (κ3) is 2.94. The number of cyclic esters (lactones) is 1. The number of ether oxygens (including phenoxy) is 3. The Bertz CT molecular complexity index is 668. The largest absolute Gasteiger partial charge is 0.497 e. The number of rotatable bonds is 6. The second-order valence-electron chi connectivity index (χ2n) is 5.44. The SMILES string of the molecule is CCOCCN1C(=O)N[C@@H](c2ccc(OC)cc2)C2=C1COC2=O. The van der Waals surface area contributed by atoms with Crippen molar-refractivity contribution in [1.82, 2.24) is 10.2 Å². The maximum absolute atomic E-state index is 12.5. The summed E-state index contributed by atoms with van der Waals surface area (Å²) in [4.78, 5) is 26.2. The summed E-state index contributed by atoms with van der Waals surface area (Å²) < 4.78 is 15.6. The highest BCUT2D eigenvalue weighted by Gasteiger charge is 2.41. The van der Waals surface area contributed by atoms with E-state index in [0.29, 0.717) is 36.8 Å². The van der Waals surface area contributed by atoms with Crippen molar-refractivity contribution in [2.24, 2.45) is 0 Å². The third-order valence-corrected chi connectivity index (χ3v) is 4.11. The summed E-state index contributed by atoms with van der Waals surface area (Å²) in [5.74, 6) is 0.314. The highest BCUT2D eigenvalue weighted by atomic mass is 16.5. The summed E-state index contributed by atoms with van der Waals surface area (Å²) >= 11 is 0. The summed E-state index contributed by atoms with van der Waals surface area (Å²) in [5.41, 5.74) is 1.90. The molecular weight excluding hydrogens is 312 g/mol. The van der Waals surface area contributed by atoms with Crippen molar-refractivity contribution < 1.29 is 23.8 Å². The van der Waals surface area contributed by atoms with Gasteiger partial charge in [0.25, 0.3) is 0 Å². The summed E-state index contributed by atoms with van der Waals surface area (Å²) in [7, 11) is 1.59. The van der Waals surface area contributed by atoms with Gasteiger partial charge in [-0.25, -0.2) is 9.59 Å². The van der Waals surface area contributed by atoms with Crippen LogP contribution in [0.5, 0.6) is 5.75 Å². The molecule has 0 saturated carbocycles. The van der Waals surface area contributed by atoms with Crippen LogP contribution in [0.3, 0.4) is 0 Å². The number of amides is 2. The van der Waals surface area contributed by atoms with Gasteiger partial charge < -0.3 is 19.5 Å². The van der Waals surface area contributed by atoms with E-state index in [4.69, 9.17) is 14.2 Å². The first-order chi connectivity index (χ1) is 11.7. The summed E-state index contributed by atoms with van der Waals surface area (Å²) in [6.07, 6.45) is 0. The molecule has 3 rings (SSSR count). The molecule has 2 aliphatic rings. The van der Waals surface area contributed by atoms with Crippen molar-refractivity contribution in [1.29, 1.82) is 0 Å². The molecule has 2 heterocycles. The normalized spacial score (nSPS) is 19.9. The molecule has 0 aromatic heterocycles. The number of urea groups is 1. The lowest BCUT2D eigenvalue weighted by Crippen LogP contribution is -2.48. The minimum atomic E-state index is -0.517. The number of hydrogen-bond acceptors (Lipinski definition) is 5. The van der Waals surface area contributed by atoms with Crippen LogP contribution in [-0.4, -0.2) is 50.4 Å². The predicted molar refractivity (Wildman–Crippen MR) is 85.5 cm³/mol. The minimum absolute atomic E-state index is 0.111. The van der Waals surface area contributed by atoms with Gasteiger partial charge >= 0.3 is 12.0 Å². The summed E-state index contributed by atoms with van der Waals surface area (Å²) in [6.45, 7) is 3.36. The maximum Gasteiger partial charge on any atom is 0.338 e. The quantitative estimate of drug-likeness (QED) is 0.632. The number of nitrogens with one attached hydrogen (secondary N) is 1. The van der Waals surface area contributed by atoms with Gasteiger partial charge in [-0.1, -0.05) is 12.1 Å². The molecule has 0 saturated heterocycles. The number of methoxy groups -OCH3 is 1. The highest BCUT2D eigenvalue weighted by Crippen LogP contribution is 2.35. The second-order valence-corrected chi connectivity index (χ2v) is 5.44. The van der Waals surface area contributed by atoms with Crippen molar-refractivity contribution in [2.75, 3.05) is 33.5 Å². The van der Waals surface area contributed by atoms with Gasteiger partial charge in [-0.3, -0.25) is 4.90 Å². The number of benzene rings is 1. The standard InChI is InChI=1S/C17H20N2O5/c1-3-23-9-8-19-13-10-24-16(20)14(13)15(18-17(19)21)11-4-6-12(22-2)7-5-11/h4-7,15H,3,8-10H2,1-2H3,(H,18,21)/t15-/m0/s1. The van der Waals surface area contributed by atoms with E-state index in [0.717, 1.165) is 5.56 Å². The van der Waals surface area contributed by atoms with E-state index in [1.54, 1.807) is 19.2 Å². The predicted octanol–water partition coefficient (Wildman–Crippen LogP) is 1.61. The average Bonchev–Trinajstić information content (AvgIpc) is 2.98. The van der Waals surface area contributed by atoms with E-state index in [-0.39, 0.29) is 12.6 Å².